The van der Waals surface area contributed by atoms with Gasteiger partial charge in [0.05, 0.1) is 0 Å². The zero-order valence-corrected chi connectivity index (χ0v) is 22.3. The van der Waals surface area contributed by atoms with Gasteiger partial charge < -0.3 is 0 Å². The number of aryl methyl sites for hydroxylation is 1. The fraction of sp³-hybridized carbons (Fsp3) is 0.758. The lowest BCUT2D eigenvalue weighted by Gasteiger charge is -2.68. The fourth-order valence-electron chi connectivity index (χ4n) is 11.4. The van der Waals surface area contributed by atoms with Crippen LogP contribution in [0.5, 0.6) is 0 Å². The second kappa shape index (κ2) is 7.24. The van der Waals surface area contributed by atoms with Gasteiger partial charge in [0.2, 0.25) is 0 Å². The third-order valence-corrected chi connectivity index (χ3v) is 12.9. The molecule has 0 aliphatic heterocycles. The van der Waals surface area contributed by atoms with E-state index in [4.69, 9.17) is 0 Å². The van der Waals surface area contributed by atoms with E-state index < -0.39 is 0 Å². The van der Waals surface area contributed by atoms with Crippen molar-refractivity contribution in [3.05, 3.63) is 41.5 Å². The molecular weight excluding hydrogens is 396 g/mol. The van der Waals surface area contributed by atoms with Crippen molar-refractivity contribution in [2.24, 2.45) is 51.2 Å². The van der Waals surface area contributed by atoms with Crippen molar-refractivity contribution in [1.82, 2.24) is 0 Å². The molecule has 5 aliphatic rings. The highest BCUT2D eigenvalue weighted by atomic mass is 14.7. The molecule has 0 heterocycles. The van der Waals surface area contributed by atoms with Crippen molar-refractivity contribution in [3.63, 3.8) is 0 Å². The van der Waals surface area contributed by atoms with Gasteiger partial charge in [-0.15, -0.1) is 0 Å². The Morgan fingerprint density at radius 2 is 1.45 bits per heavy atom. The minimum atomic E-state index is 0.261. The maximum atomic E-state index is 2.78. The molecule has 0 bridgehead atoms. The third kappa shape index (κ3) is 3.00. The molecule has 1 aromatic carbocycles. The average Bonchev–Trinajstić information content (AvgIpc) is 3.16. The van der Waals surface area contributed by atoms with Crippen molar-refractivity contribution in [2.45, 2.75) is 106 Å². The normalized spacial score (nSPS) is 48.2. The number of benzene rings is 1. The lowest BCUT2D eigenvalue weighted by Crippen LogP contribution is -2.60. The van der Waals surface area contributed by atoms with Crippen molar-refractivity contribution in [3.8, 4) is 0 Å². The van der Waals surface area contributed by atoms with E-state index in [0.717, 1.165) is 29.6 Å². The Morgan fingerprint density at radius 3 is 2.21 bits per heavy atom. The Balaban J connectivity index is 1.34. The Hall–Kier alpha value is -1.04. The number of hydrogen-bond acceptors (Lipinski definition) is 0. The van der Waals surface area contributed by atoms with Crippen molar-refractivity contribution in [1.29, 1.82) is 0 Å². The van der Waals surface area contributed by atoms with Crippen LogP contribution in [0.25, 0.3) is 5.57 Å². The van der Waals surface area contributed by atoms with Gasteiger partial charge in [-0.2, -0.15) is 0 Å². The summed E-state index contributed by atoms with van der Waals surface area (Å²) >= 11 is 0. The predicted molar refractivity (Wildman–Crippen MR) is 141 cm³/mol. The molecule has 0 nitrogen and oxygen atoms in total. The van der Waals surface area contributed by atoms with Crippen LogP contribution in [0.3, 0.4) is 0 Å². The van der Waals surface area contributed by atoms with Crippen LogP contribution in [0, 0.1) is 58.2 Å². The Labute approximate surface area is 204 Å². The number of allylic oxidation sites excluding steroid dienone is 2. The second-order valence-corrected chi connectivity index (χ2v) is 14.6. The van der Waals surface area contributed by atoms with Crippen molar-refractivity contribution < 1.29 is 0 Å². The molecule has 0 radical (unpaired) electrons. The van der Waals surface area contributed by atoms with Crippen LogP contribution in [0.4, 0.5) is 0 Å². The van der Waals surface area contributed by atoms with Gasteiger partial charge in [0.25, 0.3) is 0 Å². The molecule has 0 N–H and O–H groups in total. The summed E-state index contributed by atoms with van der Waals surface area (Å²) in [5.74, 6) is 4.78. The summed E-state index contributed by atoms with van der Waals surface area (Å²) in [5, 5.41) is 0. The molecular formula is C33H48. The van der Waals surface area contributed by atoms with Crippen LogP contribution in [0.15, 0.2) is 30.3 Å². The molecule has 4 saturated carbocycles. The molecule has 5 aliphatic carbocycles. The molecule has 0 heteroatoms. The maximum Gasteiger partial charge on any atom is -0.00671 e. The molecule has 8 atom stereocenters. The van der Waals surface area contributed by atoms with Gasteiger partial charge in [0.1, 0.15) is 0 Å². The molecule has 0 spiro atoms. The lowest BCUT2D eigenvalue weighted by molar-refractivity contribution is -0.176. The molecule has 33 heavy (non-hydrogen) atoms. The van der Waals surface area contributed by atoms with E-state index in [9.17, 15) is 0 Å². The van der Waals surface area contributed by atoms with Crippen LogP contribution in [-0.2, 0) is 0 Å². The van der Waals surface area contributed by atoms with Crippen molar-refractivity contribution in [2.75, 3.05) is 0 Å². The molecule has 180 valence electrons. The zero-order valence-electron chi connectivity index (χ0n) is 22.3. The Bertz CT molecular complexity index is 949. The molecule has 0 amide bonds. The van der Waals surface area contributed by atoms with Gasteiger partial charge in [0, 0.05) is 0 Å². The average molecular weight is 445 g/mol. The van der Waals surface area contributed by atoms with Gasteiger partial charge in [0.15, 0.2) is 0 Å². The highest BCUT2D eigenvalue weighted by Gasteiger charge is 2.64. The van der Waals surface area contributed by atoms with E-state index in [1.807, 2.05) is 0 Å². The van der Waals surface area contributed by atoms with Crippen molar-refractivity contribution >= 4 is 5.57 Å². The smallest absolute Gasteiger partial charge is 0.00671 e. The van der Waals surface area contributed by atoms with Crippen LogP contribution < -0.4 is 0 Å². The minimum Gasteiger partial charge on any atom is -0.0796 e. The summed E-state index contributed by atoms with van der Waals surface area (Å²) in [5.41, 5.74) is 6.45. The monoisotopic (exact) mass is 444 g/mol. The standard InChI is InChI=1S/C33H48/c1-22-9-11-23(12-10-22)25-16-20-33(6)28(30(25,2)3)17-21-32(5)27-15-19-31(4)18-7-8-26(31)24(27)13-14-29(32)33/h9-12,16,24,26-29H,7-8,13-15,17-21H2,1-6H3/t24?,26?,27?,28?,29?,31-,32?,33?/m1/s1. The van der Waals surface area contributed by atoms with Crippen LogP contribution >= 0.6 is 0 Å². The van der Waals surface area contributed by atoms with E-state index in [0.29, 0.717) is 16.2 Å². The summed E-state index contributed by atoms with van der Waals surface area (Å²) < 4.78 is 0. The number of hydrogen-bond donors (Lipinski definition) is 0. The topological polar surface area (TPSA) is 0 Å². The first kappa shape index (κ1) is 22.4. The predicted octanol–water partition coefficient (Wildman–Crippen LogP) is 9.47. The zero-order chi connectivity index (χ0) is 23.2. The van der Waals surface area contributed by atoms with E-state index in [1.165, 1.54) is 75.3 Å². The summed E-state index contributed by atoms with van der Waals surface area (Å²) in [6.45, 7) is 15.5. The van der Waals surface area contributed by atoms with Gasteiger partial charge in [-0.1, -0.05) is 76.9 Å². The molecule has 0 aromatic heterocycles. The molecule has 4 fully saturated rings. The molecule has 7 unspecified atom stereocenters. The Morgan fingerprint density at radius 1 is 0.697 bits per heavy atom. The third-order valence-electron chi connectivity index (χ3n) is 12.9. The quantitative estimate of drug-likeness (QED) is 0.404. The van der Waals surface area contributed by atoms with Crippen LogP contribution in [-0.4, -0.2) is 0 Å². The second-order valence-electron chi connectivity index (χ2n) is 14.6. The number of fused-ring (bicyclic) bond motifs is 7. The highest BCUT2D eigenvalue weighted by molar-refractivity contribution is 5.71. The fourth-order valence-corrected chi connectivity index (χ4v) is 11.4. The van der Waals surface area contributed by atoms with E-state index in [2.05, 4.69) is 71.9 Å². The largest absolute Gasteiger partial charge is 0.0796 e. The first-order valence-corrected chi connectivity index (χ1v) is 14.4. The van der Waals surface area contributed by atoms with Crippen LogP contribution in [0.2, 0.25) is 0 Å². The van der Waals surface area contributed by atoms with Gasteiger partial charge in [-0.3, -0.25) is 0 Å². The summed E-state index contributed by atoms with van der Waals surface area (Å²) in [6.07, 6.45) is 17.5. The number of rotatable bonds is 1. The SMILES string of the molecule is Cc1ccc(C2=CCC3(C)C(CCC4(C)C5CC[C@@]6(C)CCCC6C5CCC43)C2(C)C)cc1. The van der Waals surface area contributed by atoms with Gasteiger partial charge >= 0.3 is 0 Å². The van der Waals surface area contributed by atoms with E-state index in [-0.39, 0.29) is 5.41 Å². The first-order chi connectivity index (χ1) is 15.6. The summed E-state index contributed by atoms with van der Waals surface area (Å²) in [6, 6.07) is 9.37. The molecule has 1 aromatic rings. The van der Waals surface area contributed by atoms with E-state index >= 15 is 0 Å². The first-order valence-electron chi connectivity index (χ1n) is 14.4. The Kier molecular flexibility index (Phi) is 4.92. The van der Waals surface area contributed by atoms with Crippen LogP contribution in [0.1, 0.15) is 110 Å². The van der Waals surface area contributed by atoms with E-state index in [1.54, 1.807) is 5.57 Å². The summed E-state index contributed by atoms with van der Waals surface area (Å²) in [7, 11) is 0. The molecule has 0 saturated heterocycles. The minimum absolute atomic E-state index is 0.261. The lowest BCUT2D eigenvalue weighted by atomic mass is 9.36. The van der Waals surface area contributed by atoms with Gasteiger partial charge in [-0.05, 0) is 127 Å². The van der Waals surface area contributed by atoms with Gasteiger partial charge in [-0.25, -0.2) is 0 Å². The highest BCUT2D eigenvalue weighted by Crippen LogP contribution is 2.73. The maximum absolute atomic E-state index is 2.78. The summed E-state index contributed by atoms with van der Waals surface area (Å²) in [4.78, 5) is 0. The molecule has 6 rings (SSSR count).